The topological polar surface area (TPSA) is 68.0 Å². The lowest BCUT2D eigenvalue weighted by molar-refractivity contribution is 0.0883. The zero-order valence-electron chi connectivity index (χ0n) is 13.3. The van der Waals surface area contributed by atoms with Gasteiger partial charge in [-0.2, -0.15) is 0 Å². The van der Waals surface area contributed by atoms with Crippen molar-refractivity contribution in [1.29, 1.82) is 0 Å². The van der Waals surface area contributed by atoms with Crippen LogP contribution in [0.2, 0.25) is 0 Å². The summed E-state index contributed by atoms with van der Waals surface area (Å²) in [5.41, 5.74) is 7.90. The number of nitrogens with one attached hydrogen (secondary N) is 1. The van der Waals surface area contributed by atoms with Gasteiger partial charge in [0.25, 0.3) is 5.91 Å². The quantitative estimate of drug-likeness (QED) is 0.891. The van der Waals surface area contributed by atoms with E-state index in [2.05, 4.69) is 10.3 Å². The van der Waals surface area contributed by atoms with Gasteiger partial charge in [0.15, 0.2) is 0 Å². The maximum atomic E-state index is 12.5. The second-order valence-corrected chi connectivity index (χ2v) is 6.06. The Morgan fingerprint density at radius 1 is 1.23 bits per heavy atom. The van der Waals surface area contributed by atoms with E-state index in [0.717, 1.165) is 11.1 Å². The molecule has 1 atom stereocenters. The molecule has 1 aromatic carbocycles. The molecule has 0 radical (unpaired) electrons. The fourth-order valence-corrected chi connectivity index (χ4v) is 2.12. The van der Waals surface area contributed by atoms with E-state index in [0.29, 0.717) is 12.1 Å². The van der Waals surface area contributed by atoms with Gasteiger partial charge in [0.1, 0.15) is 0 Å². The normalized spacial score (nSPS) is 13.7. The summed E-state index contributed by atoms with van der Waals surface area (Å²) in [6.07, 6.45) is 3.34. The highest BCUT2D eigenvalue weighted by Crippen LogP contribution is 2.20. The van der Waals surface area contributed by atoms with Gasteiger partial charge in [-0.25, -0.2) is 0 Å². The van der Waals surface area contributed by atoms with Crippen LogP contribution in [0.1, 0.15) is 31.1 Å². The van der Waals surface area contributed by atoms with Crippen molar-refractivity contribution < 1.29 is 4.79 Å². The molecular formula is C18H23N3O. The SMILES string of the molecule is CC(C)C(C)(CN)NC(=O)c1cncc(-c2ccccc2)c1. The van der Waals surface area contributed by atoms with Crippen LogP contribution in [0.25, 0.3) is 11.1 Å². The molecule has 3 N–H and O–H groups in total. The van der Waals surface area contributed by atoms with Crippen molar-refractivity contribution in [2.24, 2.45) is 11.7 Å². The smallest absolute Gasteiger partial charge is 0.253 e. The van der Waals surface area contributed by atoms with E-state index in [1.807, 2.05) is 57.2 Å². The molecule has 2 aromatic rings. The summed E-state index contributed by atoms with van der Waals surface area (Å²) < 4.78 is 0. The van der Waals surface area contributed by atoms with Crippen LogP contribution >= 0.6 is 0 Å². The molecular weight excluding hydrogens is 274 g/mol. The van der Waals surface area contributed by atoms with Crippen LogP contribution in [0.5, 0.6) is 0 Å². The van der Waals surface area contributed by atoms with Gasteiger partial charge in [0, 0.05) is 24.5 Å². The lowest BCUT2D eigenvalue weighted by atomic mass is 9.88. The van der Waals surface area contributed by atoms with E-state index in [1.165, 1.54) is 0 Å². The predicted octanol–water partition coefficient (Wildman–Crippen LogP) is 2.85. The number of rotatable bonds is 5. The van der Waals surface area contributed by atoms with Crippen LogP contribution in [0.4, 0.5) is 0 Å². The van der Waals surface area contributed by atoms with Crippen molar-refractivity contribution in [3.05, 3.63) is 54.4 Å². The van der Waals surface area contributed by atoms with E-state index >= 15 is 0 Å². The Labute approximate surface area is 131 Å². The van der Waals surface area contributed by atoms with Crippen molar-refractivity contribution in [3.8, 4) is 11.1 Å². The number of carbonyl (C=O) groups is 1. The van der Waals surface area contributed by atoms with Gasteiger partial charge in [-0.1, -0.05) is 44.2 Å². The standard InChI is InChI=1S/C18H23N3O/c1-13(2)18(3,12-19)21-17(22)16-9-15(10-20-11-16)14-7-5-4-6-8-14/h4-11,13H,12,19H2,1-3H3,(H,21,22). The van der Waals surface area contributed by atoms with E-state index in [9.17, 15) is 4.79 Å². The molecule has 0 aliphatic carbocycles. The fraction of sp³-hybridized carbons (Fsp3) is 0.333. The fourth-order valence-electron chi connectivity index (χ4n) is 2.12. The minimum Gasteiger partial charge on any atom is -0.345 e. The number of pyridine rings is 1. The van der Waals surface area contributed by atoms with Crippen LogP contribution in [0.3, 0.4) is 0 Å². The number of benzene rings is 1. The van der Waals surface area contributed by atoms with Crippen LogP contribution in [-0.4, -0.2) is 23.0 Å². The zero-order chi connectivity index (χ0) is 16.2. The first-order chi connectivity index (χ1) is 10.5. The third-order valence-electron chi connectivity index (χ3n) is 4.20. The summed E-state index contributed by atoms with van der Waals surface area (Å²) >= 11 is 0. The maximum absolute atomic E-state index is 12.5. The van der Waals surface area contributed by atoms with Gasteiger partial charge in [0.2, 0.25) is 0 Å². The third kappa shape index (κ3) is 3.52. The number of hydrogen-bond acceptors (Lipinski definition) is 3. The average Bonchev–Trinajstić information content (AvgIpc) is 2.55. The molecule has 0 saturated carbocycles. The minimum absolute atomic E-state index is 0.146. The van der Waals surface area contributed by atoms with Gasteiger partial charge in [-0.15, -0.1) is 0 Å². The summed E-state index contributed by atoms with van der Waals surface area (Å²) in [7, 11) is 0. The predicted molar refractivity (Wildman–Crippen MR) is 89.4 cm³/mol. The van der Waals surface area contributed by atoms with Crippen molar-refractivity contribution in [3.63, 3.8) is 0 Å². The Morgan fingerprint density at radius 3 is 2.50 bits per heavy atom. The minimum atomic E-state index is -0.431. The summed E-state index contributed by atoms with van der Waals surface area (Å²) in [5, 5.41) is 3.03. The number of amides is 1. The van der Waals surface area contributed by atoms with E-state index in [1.54, 1.807) is 12.4 Å². The highest BCUT2D eigenvalue weighted by Gasteiger charge is 2.29. The number of hydrogen-bond donors (Lipinski definition) is 2. The zero-order valence-corrected chi connectivity index (χ0v) is 13.3. The summed E-state index contributed by atoms with van der Waals surface area (Å²) in [5.74, 6) is 0.0960. The van der Waals surface area contributed by atoms with Crippen LogP contribution in [-0.2, 0) is 0 Å². The molecule has 0 spiro atoms. The molecule has 0 aliphatic rings. The molecule has 4 nitrogen and oxygen atoms in total. The highest BCUT2D eigenvalue weighted by molar-refractivity contribution is 5.95. The van der Waals surface area contributed by atoms with E-state index in [-0.39, 0.29) is 11.8 Å². The Kier molecular flexibility index (Phi) is 4.93. The second kappa shape index (κ2) is 6.71. The van der Waals surface area contributed by atoms with E-state index < -0.39 is 5.54 Å². The first-order valence-electron chi connectivity index (χ1n) is 7.49. The molecule has 0 saturated heterocycles. The third-order valence-corrected chi connectivity index (χ3v) is 4.20. The largest absolute Gasteiger partial charge is 0.345 e. The van der Waals surface area contributed by atoms with Crippen LogP contribution in [0, 0.1) is 5.92 Å². The molecule has 4 heteroatoms. The molecule has 1 aromatic heterocycles. The average molecular weight is 297 g/mol. The molecule has 22 heavy (non-hydrogen) atoms. The first kappa shape index (κ1) is 16.2. The lowest BCUT2D eigenvalue weighted by Gasteiger charge is -2.33. The lowest BCUT2D eigenvalue weighted by Crippen LogP contribution is -2.55. The Bertz CT molecular complexity index is 640. The van der Waals surface area contributed by atoms with Crippen LogP contribution in [0.15, 0.2) is 48.8 Å². The molecule has 0 aliphatic heterocycles. The van der Waals surface area contributed by atoms with Gasteiger partial charge >= 0.3 is 0 Å². The van der Waals surface area contributed by atoms with Gasteiger partial charge in [0.05, 0.1) is 11.1 Å². The Hall–Kier alpha value is -2.20. The monoisotopic (exact) mass is 297 g/mol. The molecule has 0 bridgehead atoms. The van der Waals surface area contributed by atoms with Crippen molar-refractivity contribution >= 4 is 5.91 Å². The summed E-state index contributed by atoms with van der Waals surface area (Å²) in [6, 6.07) is 11.7. The first-order valence-corrected chi connectivity index (χ1v) is 7.49. The summed E-state index contributed by atoms with van der Waals surface area (Å²) in [4.78, 5) is 16.7. The Morgan fingerprint density at radius 2 is 1.91 bits per heavy atom. The van der Waals surface area contributed by atoms with Crippen molar-refractivity contribution in [2.45, 2.75) is 26.3 Å². The number of nitrogens with two attached hydrogens (primary N) is 1. The number of carbonyl (C=O) groups excluding carboxylic acids is 1. The van der Waals surface area contributed by atoms with Crippen molar-refractivity contribution in [2.75, 3.05) is 6.54 Å². The van der Waals surface area contributed by atoms with Gasteiger partial charge in [-0.3, -0.25) is 9.78 Å². The van der Waals surface area contributed by atoms with E-state index in [4.69, 9.17) is 5.73 Å². The van der Waals surface area contributed by atoms with Gasteiger partial charge < -0.3 is 11.1 Å². The second-order valence-electron chi connectivity index (χ2n) is 6.06. The summed E-state index contributed by atoms with van der Waals surface area (Å²) in [6.45, 7) is 6.45. The molecule has 1 unspecified atom stereocenters. The van der Waals surface area contributed by atoms with Crippen LogP contribution < -0.4 is 11.1 Å². The molecule has 0 fully saturated rings. The number of aromatic nitrogens is 1. The maximum Gasteiger partial charge on any atom is 0.253 e. The van der Waals surface area contributed by atoms with Gasteiger partial charge in [-0.05, 0) is 24.5 Å². The number of nitrogens with zero attached hydrogens (tertiary/aromatic N) is 1. The molecule has 1 amide bonds. The molecule has 116 valence electrons. The molecule has 2 rings (SSSR count). The van der Waals surface area contributed by atoms with Crippen molar-refractivity contribution in [1.82, 2.24) is 10.3 Å². The molecule has 1 heterocycles. The Balaban J connectivity index is 2.25. The highest BCUT2D eigenvalue weighted by atomic mass is 16.1.